The molecule has 0 unspecified atom stereocenters. The molecule has 0 amide bonds. The van der Waals surface area contributed by atoms with Crippen molar-refractivity contribution in [2.75, 3.05) is 31.1 Å². The van der Waals surface area contributed by atoms with Crippen molar-refractivity contribution >= 4 is 44.1 Å². The number of benzene rings is 2. The Morgan fingerprint density at radius 1 is 1.03 bits per heavy atom. The van der Waals surface area contributed by atoms with E-state index in [1.54, 1.807) is 0 Å². The van der Waals surface area contributed by atoms with Crippen LogP contribution in [-0.2, 0) is 0 Å². The molecule has 3 aromatic rings. The molecule has 0 bridgehead atoms. The smallest absolute Gasteiger partial charge is 0.0745 e. The zero-order chi connectivity index (χ0) is 20.4. The Bertz CT molecular complexity index is 977. The van der Waals surface area contributed by atoms with Crippen LogP contribution in [0.5, 0.6) is 0 Å². The number of fused-ring (bicyclic) bond motifs is 1. The van der Waals surface area contributed by atoms with Crippen molar-refractivity contribution in [3.05, 3.63) is 58.0 Å². The van der Waals surface area contributed by atoms with E-state index in [9.17, 15) is 0 Å². The second-order valence-electron chi connectivity index (χ2n) is 7.63. The highest BCUT2D eigenvalue weighted by molar-refractivity contribution is 9.10. The Morgan fingerprint density at radius 2 is 1.72 bits per heavy atom. The highest BCUT2D eigenvalue weighted by Crippen LogP contribution is 2.34. The zero-order valence-corrected chi connectivity index (χ0v) is 19.4. The standard InChI is InChI=1S/C24H27BrClN3/c1-3-28(4-2)20-11-13-29(14-12-20)24-16-22(17-5-7-18(25)8-6-17)27-23-15-19(26)9-10-21(23)24/h5-10,15-16,20H,3-4,11-14H2,1-2H3. The second kappa shape index (κ2) is 9.03. The van der Waals surface area contributed by atoms with E-state index in [0.717, 1.165) is 52.4 Å². The minimum atomic E-state index is 0.690. The fraction of sp³-hybridized carbons (Fsp3) is 0.375. The van der Waals surface area contributed by atoms with Crippen LogP contribution in [0.2, 0.25) is 5.02 Å². The predicted molar refractivity (Wildman–Crippen MR) is 128 cm³/mol. The normalized spacial score (nSPS) is 15.4. The number of nitrogens with zero attached hydrogens (tertiary/aromatic N) is 3. The van der Waals surface area contributed by atoms with Gasteiger partial charge in [-0.05, 0) is 62.3 Å². The van der Waals surface area contributed by atoms with E-state index in [4.69, 9.17) is 16.6 Å². The van der Waals surface area contributed by atoms with E-state index in [0.29, 0.717) is 6.04 Å². The maximum Gasteiger partial charge on any atom is 0.0745 e. The molecule has 0 aliphatic carbocycles. The lowest BCUT2D eigenvalue weighted by molar-refractivity contribution is 0.186. The third kappa shape index (κ3) is 4.45. The quantitative estimate of drug-likeness (QED) is 0.415. The Hall–Kier alpha value is -1.62. The lowest BCUT2D eigenvalue weighted by atomic mass is 10.0. The lowest BCUT2D eigenvalue weighted by Crippen LogP contribution is -2.44. The summed E-state index contributed by atoms with van der Waals surface area (Å²) < 4.78 is 1.07. The molecular weight excluding hydrogens is 446 g/mol. The summed E-state index contributed by atoms with van der Waals surface area (Å²) in [6.45, 7) is 8.93. The fourth-order valence-electron chi connectivity index (χ4n) is 4.43. The SMILES string of the molecule is CCN(CC)C1CCN(c2cc(-c3ccc(Br)cc3)nc3cc(Cl)ccc23)CC1. The summed E-state index contributed by atoms with van der Waals surface area (Å²) in [5, 5.41) is 1.90. The van der Waals surface area contributed by atoms with Gasteiger partial charge in [-0.2, -0.15) is 0 Å². The highest BCUT2D eigenvalue weighted by atomic mass is 79.9. The molecule has 1 aromatic heterocycles. The molecule has 0 spiro atoms. The first-order valence-electron chi connectivity index (χ1n) is 10.4. The van der Waals surface area contributed by atoms with Gasteiger partial charge < -0.3 is 9.80 Å². The summed E-state index contributed by atoms with van der Waals surface area (Å²) in [5.41, 5.74) is 4.34. The van der Waals surface area contributed by atoms with Crippen LogP contribution >= 0.6 is 27.5 Å². The maximum absolute atomic E-state index is 6.30. The Morgan fingerprint density at radius 3 is 2.38 bits per heavy atom. The monoisotopic (exact) mass is 471 g/mol. The van der Waals surface area contributed by atoms with Crippen LogP contribution in [0.1, 0.15) is 26.7 Å². The van der Waals surface area contributed by atoms with Gasteiger partial charge in [0.05, 0.1) is 11.2 Å². The maximum atomic E-state index is 6.30. The van der Waals surface area contributed by atoms with E-state index >= 15 is 0 Å². The topological polar surface area (TPSA) is 19.4 Å². The molecule has 0 N–H and O–H groups in total. The Kier molecular flexibility index (Phi) is 6.43. The molecule has 1 aliphatic heterocycles. The molecule has 1 saturated heterocycles. The van der Waals surface area contributed by atoms with Crippen molar-refractivity contribution in [3.8, 4) is 11.3 Å². The Labute approximate surface area is 186 Å². The molecule has 2 heterocycles. The third-order valence-corrected chi connectivity index (χ3v) is 6.79. The molecule has 152 valence electrons. The Balaban J connectivity index is 1.70. The molecule has 2 aromatic carbocycles. The number of piperidine rings is 1. The van der Waals surface area contributed by atoms with Crippen LogP contribution in [-0.4, -0.2) is 42.1 Å². The van der Waals surface area contributed by atoms with Gasteiger partial charge in [0.15, 0.2) is 0 Å². The van der Waals surface area contributed by atoms with Crippen molar-refractivity contribution in [3.63, 3.8) is 0 Å². The van der Waals surface area contributed by atoms with Crippen molar-refractivity contribution in [2.45, 2.75) is 32.7 Å². The van der Waals surface area contributed by atoms with Gasteiger partial charge in [0, 0.05) is 45.3 Å². The van der Waals surface area contributed by atoms with Crippen molar-refractivity contribution in [2.24, 2.45) is 0 Å². The van der Waals surface area contributed by atoms with Crippen LogP contribution in [0.3, 0.4) is 0 Å². The summed E-state index contributed by atoms with van der Waals surface area (Å²) in [7, 11) is 0. The number of pyridine rings is 1. The van der Waals surface area contributed by atoms with E-state index in [-0.39, 0.29) is 0 Å². The molecule has 1 aliphatic rings. The van der Waals surface area contributed by atoms with Crippen LogP contribution in [0.15, 0.2) is 53.0 Å². The van der Waals surface area contributed by atoms with Crippen LogP contribution < -0.4 is 4.90 Å². The number of halogens is 2. The van der Waals surface area contributed by atoms with E-state index in [2.05, 4.69) is 76.0 Å². The molecule has 0 saturated carbocycles. The predicted octanol–water partition coefficient (Wildman–Crippen LogP) is 6.63. The third-order valence-electron chi connectivity index (χ3n) is 6.02. The first-order chi connectivity index (χ1) is 14.1. The molecule has 29 heavy (non-hydrogen) atoms. The van der Waals surface area contributed by atoms with Gasteiger partial charge in [-0.25, -0.2) is 4.98 Å². The first-order valence-corrected chi connectivity index (χ1v) is 11.6. The number of hydrogen-bond acceptors (Lipinski definition) is 3. The van der Waals surface area contributed by atoms with Gasteiger partial charge in [-0.1, -0.05) is 53.5 Å². The largest absolute Gasteiger partial charge is 0.371 e. The number of aromatic nitrogens is 1. The van der Waals surface area contributed by atoms with Crippen LogP contribution in [0.25, 0.3) is 22.2 Å². The summed E-state index contributed by atoms with van der Waals surface area (Å²) in [6.07, 6.45) is 2.40. The van der Waals surface area contributed by atoms with Gasteiger partial charge in [0.1, 0.15) is 0 Å². The molecule has 0 radical (unpaired) electrons. The van der Waals surface area contributed by atoms with Crippen molar-refractivity contribution in [1.82, 2.24) is 9.88 Å². The zero-order valence-electron chi connectivity index (χ0n) is 17.0. The molecule has 3 nitrogen and oxygen atoms in total. The van der Waals surface area contributed by atoms with Crippen LogP contribution in [0.4, 0.5) is 5.69 Å². The van der Waals surface area contributed by atoms with Gasteiger partial charge in [-0.3, -0.25) is 0 Å². The molecule has 4 rings (SSSR count). The van der Waals surface area contributed by atoms with Gasteiger partial charge in [0.25, 0.3) is 0 Å². The molecule has 5 heteroatoms. The first kappa shape index (κ1) is 20.6. The van der Waals surface area contributed by atoms with E-state index < -0.39 is 0 Å². The number of hydrogen-bond donors (Lipinski definition) is 0. The van der Waals surface area contributed by atoms with Gasteiger partial charge >= 0.3 is 0 Å². The van der Waals surface area contributed by atoms with E-state index in [1.807, 2.05) is 12.1 Å². The molecule has 1 fully saturated rings. The highest BCUT2D eigenvalue weighted by Gasteiger charge is 2.24. The molecule has 0 atom stereocenters. The van der Waals surface area contributed by atoms with Crippen LogP contribution in [0, 0.1) is 0 Å². The summed E-state index contributed by atoms with van der Waals surface area (Å²) >= 11 is 9.82. The lowest BCUT2D eigenvalue weighted by Gasteiger charge is -2.39. The fourth-order valence-corrected chi connectivity index (χ4v) is 4.86. The van der Waals surface area contributed by atoms with Gasteiger partial charge in [-0.15, -0.1) is 0 Å². The average Bonchev–Trinajstić information content (AvgIpc) is 2.74. The summed E-state index contributed by atoms with van der Waals surface area (Å²) in [6, 6.07) is 17.3. The minimum absolute atomic E-state index is 0.690. The summed E-state index contributed by atoms with van der Waals surface area (Å²) in [4.78, 5) is 10.0. The van der Waals surface area contributed by atoms with Crippen molar-refractivity contribution in [1.29, 1.82) is 0 Å². The minimum Gasteiger partial charge on any atom is -0.371 e. The second-order valence-corrected chi connectivity index (χ2v) is 8.99. The van der Waals surface area contributed by atoms with E-state index in [1.165, 1.54) is 23.9 Å². The number of anilines is 1. The summed E-state index contributed by atoms with van der Waals surface area (Å²) in [5.74, 6) is 0. The number of rotatable bonds is 5. The average molecular weight is 473 g/mol. The van der Waals surface area contributed by atoms with Crippen molar-refractivity contribution < 1.29 is 0 Å². The molecular formula is C24H27BrClN3. The van der Waals surface area contributed by atoms with Gasteiger partial charge in [0.2, 0.25) is 0 Å².